The van der Waals surface area contributed by atoms with Crippen LogP contribution in [0, 0.1) is 16.7 Å². The first-order chi connectivity index (χ1) is 9.22. The van der Waals surface area contributed by atoms with Gasteiger partial charge in [-0.15, -0.1) is 0 Å². The molecule has 0 aliphatic heterocycles. The predicted molar refractivity (Wildman–Crippen MR) is 84.8 cm³/mol. The Balaban J connectivity index is 2.38. The topological polar surface area (TPSA) is 17.1 Å². The molecular weight excluding hydrogens is 244 g/mol. The van der Waals surface area contributed by atoms with Crippen molar-refractivity contribution in [3.63, 3.8) is 0 Å². The van der Waals surface area contributed by atoms with E-state index in [-0.39, 0.29) is 16.6 Å². The van der Waals surface area contributed by atoms with Crippen molar-refractivity contribution in [2.24, 2.45) is 16.7 Å². The Labute approximate surface area is 123 Å². The second-order valence-corrected chi connectivity index (χ2v) is 7.57. The normalized spacial score (nSPS) is 24.2. The molecule has 2 rings (SSSR count). The number of hydrogen-bond acceptors (Lipinski definition) is 1. The fourth-order valence-corrected chi connectivity index (χ4v) is 4.16. The average molecular weight is 270 g/mol. The maximum atomic E-state index is 12.5. The van der Waals surface area contributed by atoms with E-state index in [9.17, 15) is 4.79 Å². The molecule has 1 nitrogen and oxygen atoms in total. The molecule has 0 amide bonds. The number of carbonyl (C=O) groups excluding carboxylic acids is 1. The molecule has 20 heavy (non-hydrogen) atoms. The van der Waals surface area contributed by atoms with Crippen molar-refractivity contribution in [2.75, 3.05) is 0 Å². The Morgan fingerprint density at radius 2 is 1.55 bits per heavy atom. The Morgan fingerprint density at radius 3 is 2.05 bits per heavy atom. The van der Waals surface area contributed by atoms with Crippen LogP contribution < -0.4 is 0 Å². The maximum absolute atomic E-state index is 12.5. The molecule has 0 aromatic heterocycles. The lowest BCUT2D eigenvalue weighted by molar-refractivity contribution is 0.103. The summed E-state index contributed by atoms with van der Waals surface area (Å²) in [6.07, 6.45) is 4.22. The van der Waals surface area contributed by atoms with Crippen LogP contribution in [-0.4, -0.2) is 5.78 Å². The lowest BCUT2D eigenvalue weighted by atomic mass is 9.58. The zero-order chi connectivity index (χ0) is 15.0. The van der Waals surface area contributed by atoms with Gasteiger partial charge in [0.15, 0.2) is 5.78 Å². The van der Waals surface area contributed by atoms with Crippen molar-refractivity contribution >= 4 is 5.78 Å². The molecule has 1 aliphatic carbocycles. The molecule has 0 unspecified atom stereocenters. The van der Waals surface area contributed by atoms with Crippen molar-refractivity contribution in [1.29, 1.82) is 0 Å². The second-order valence-electron chi connectivity index (χ2n) is 7.57. The van der Waals surface area contributed by atoms with Gasteiger partial charge in [0.1, 0.15) is 0 Å². The summed E-state index contributed by atoms with van der Waals surface area (Å²) in [7, 11) is 0. The van der Waals surface area contributed by atoms with E-state index < -0.39 is 0 Å². The van der Waals surface area contributed by atoms with Gasteiger partial charge in [0.05, 0.1) is 0 Å². The summed E-state index contributed by atoms with van der Waals surface area (Å²) in [5.41, 5.74) is 2.29. The van der Waals surface area contributed by atoms with Crippen molar-refractivity contribution in [3.05, 3.63) is 47.5 Å². The number of allylic oxidation sites excluding steroid dienone is 2. The first-order valence-electron chi connectivity index (χ1n) is 7.54. The molecule has 1 heteroatoms. The molecule has 0 heterocycles. The van der Waals surface area contributed by atoms with Gasteiger partial charge in [-0.1, -0.05) is 70.5 Å². The summed E-state index contributed by atoms with van der Waals surface area (Å²) in [5.74, 6) is 0.847. The van der Waals surface area contributed by atoms with Gasteiger partial charge in [-0.3, -0.25) is 4.79 Å². The minimum absolute atomic E-state index is 0.103. The smallest absolute Gasteiger partial charge is 0.185 e. The van der Waals surface area contributed by atoms with Gasteiger partial charge in [-0.25, -0.2) is 0 Å². The van der Waals surface area contributed by atoms with E-state index in [1.54, 1.807) is 0 Å². The van der Waals surface area contributed by atoms with Gasteiger partial charge in [-0.05, 0) is 35.7 Å². The molecule has 0 N–H and O–H groups in total. The molecule has 1 aromatic rings. The zero-order valence-corrected chi connectivity index (χ0v) is 13.4. The highest BCUT2D eigenvalue weighted by molar-refractivity contribution is 6.05. The van der Waals surface area contributed by atoms with Crippen LogP contribution >= 0.6 is 0 Å². The third kappa shape index (κ3) is 3.03. The highest BCUT2D eigenvalue weighted by atomic mass is 16.1. The van der Waals surface area contributed by atoms with Gasteiger partial charge < -0.3 is 0 Å². The highest BCUT2D eigenvalue weighted by Gasteiger charge is 2.41. The minimum atomic E-state index is 0.103. The summed E-state index contributed by atoms with van der Waals surface area (Å²) >= 11 is 0. The number of benzene rings is 1. The Kier molecular flexibility index (Phi) is 3.90. The summed E-state index contributed by atoms with van der Waals surface area (Å²) < 4.78 is 0. The minimum Gasteiger partial charge on any atom is -0.289 e. The summed E-state index contributed by atoms with van der Waals surface area (Å²) in [6.45, 7) is 11.4. The zero-order valence-electron chi connectivity index (χ0n) is 13.4. The molecule has 0 bridgehead atoms. The largest absolute Gasteiger partial charge is 0.289 e. The fraction of sp³-hybridized carbons (Fsp3) is 0.526. The summed E-state index contributed by atoms with van der Waals surface area (Å²) in [4.78, 5) is 12.5. The van der Waals surface area contributed by atoms with Gasteiger partial charge in [0, 0.05) is 5.56 Å². The van der Waals surface area contributed by atoms with E-state index in [4.69, 9.17) is 0 Å². The molecule has 108 valence electrons. The van der Waals surface area contributed by atoms with Crippen LogP contribution in [0.1, 0.15) is 57.8 Å². The van der Waals surface area contributed by atoms with Crippen LogP contribution in [0.4, 0.5) is 0 Å². The first-order valence-corrected chi connectivity index (χ1v) is 7.54. The number of rotatable bonds is 2. The Bertz CT molecular complexity index is 500. The number of ketones is 1. The first kappa shape index (κ1) is 15.0. The molecule has 0 spiro atoms. The maximum Gasteiger partial charge on any atom is 0.185 e. The Morgan fingerprint density at radius 1 is 1.05 bits per heavy atom. The lowest BCUT2D eigenvalue weighted by Crippen LogP contribution is -2.36. The van der Waals surface area contributed by atoms with Gasteiger partial charge in [0.2, 0.25) is 0 Å². The quantitative estimate of drug-likeness (QED) is 0.528. The second kappa shape index (κ2) is 5.20. The van der Waals surface area contributed by atoms with E-state index in [2.05, 4.69) is 34.6 Å². The molecule has 0 atom stereocenters. The van der Waals surface area contributed by atoms with E-state index in [1.807, 2.05) is 36.4 Å². The molecule has 0 radical (unpaired) electrons. The summed E-state index contributed by atoms with van der Waals surface area (Å²) in [6, 6.07) is 9.58. The van der Waals surface area contributed by atoms with Crippen molar-refractivity contribution < 1.29 is 4.79 Å². The average Bonchev–Trinajstić information content (AvgIpc) is 2.33. The number of carbonyl (C=O) groups is 1. The van der Waals surface area contributed by atoms with Crippen LogP contribution in [-0.2, 0) is 0 Å². The standard InChI is InChI=1S/C19H26O/c1-14-12-18(2,3)17(19(4,5)13-14)11-16(20)15-9-7-6-8-10-15/h6-11,14H,12-13H2,1-5H3. The van der Waals surface area contributed by atoms with E-state index in [0.717, 1.165) is 18.4 Å². The molecule has 1 saturated carbocycles. The van der Waals surface area contributed by atoms with E-state index in [1.165, 1.54) is 5.57 Å². The molecule has 0 saturated heterocycles. The van der Waals surface area contributed by atoms with Crippen LogP contribution in [0.15, 0.2) is 42.0 Å². The van der Waals surface area contributed by atoms with Gasteiger partial charge in [0.25, 0.3) is 0 Å². The van der Waals surface area contributed by atoms with Crippen LogP contribution in [0.3, 0.4) is 0 Å². The monoisotopic (exact) mass is 270 g/mol. The molecule has 1 aromatic carbocycles. The lowest BCUT2D eigenvalue weighted by Gasteiger charge is -2.47. The van der Waals surface area contributed by atoms with Gasteiger partial charge in [-0.2, -0.15) is 0 Å². The third-order valence-corrected chi connectivity index (χ3v) is 4.51. The molecule has 1 aliphatic rings. The highest BCUT2D eigenvalue weighted by Crippen LogP contribution is 2.52. The Hall–Kier alpha value is -1.37. The number of hydrogen-bond donors (Lipinski definition) is 0. The van der Waals surface area contributed by atoms with E-state index in [0.29, 0.717) is 5.92 Å². The molecular formula is C19H26O. The predicted octanol–water partition coefficient (Wildman–Crippen LogP) is 5.28. The van der Waals surface area contributed by atoms with Crippen LogP contribution in [0.25, 0.3) is 0 Å². The van der Waals surface area contributed by atoms with Crippen LogP contribution in [0.5, 0.6) is 0 Å². The van der Waals surface area contributed by atoms with Crippen molar-refractivity contribution in [1.82, 2.24) is 0 Å². The van der Waals surface area contributed by atoms with Gasteiger partial charge >= 0.3 is 0 Å². The third-order valence-electron chi connectivity index (χ3n) is 4.51. The van der Waals surface area contributed by atoms with Crippen molar-refractivity contribution in [3.8, 4) is 0 Å². The fourth-order valence-electron chi connectivity index (χ4n) is 4.16. The molecule has 1 fully saturated rings. The van der Waals surface area contributed by atoms with Crippen LogP contribution in [0.2, 0.25) is 0 Å². The summed E-state index contributed by atoms with van der Waals surface area (Å²) in [5, 5.41) is 0. The van der Waals surface area contributed by atoms with E-state index >= 15 is 0 Å². The SMILES string of the molecule is CC1CC(C)(C)C(=CC(=O)c2ccccc2)C(C)(C)C1. The van der Waals surface area contributed by atoms with Crippen molar-refractivity contribution in [2.45, 2.75) is 47.5 Å².